The van der Waals surface area contributed by atoms with Crippen molar-refractivity contribution in [3.8, 4) is 0 Å². The van der Waals surface area contributed by atoms with Gasteiger partial charge in [-0.1, -0.05) is 23.4 Å². The molecule has 4 nitrogen and oxygen atoms in total. The SMILES string of the molecule is Cc1cc(CSc2ccccc2C(=O)[O-])on1. The summed E-state index contributed by atoms with van der Waals surface area (Å²) in [5, 5.41) is 14.6. The van der Waals surface area contributed by atoms with Gasteiger partial charge in [-0.05, 0) is 13.0 Å². The molecule has 2 aromatic rings. The summed E-state index contributed by atoms with van der Waals surface area (Å²) in [6, 6.07) is 8.57. The third-order valence-corrected chi connectivity index (χ3v) is 3.25. The number of hydrogen-bond donors (Lipinski definition) is 0. The highest BCUT2D eigenvalue weighted by atomic mass is 32.2. The topological polar surface area (TPSA) is 66.2 Å². The number of rotatable bonds is 4. The monoisotopic (exact) mass is 248 g/mol. The Labute approximate surface area is 103 Å². The molecule has 0 aliphatic heterocycles. The first-order valence-corrected chi connectivity index (χ1v) is 6.01. The zero-order valence-electron chi connectivity index (χ0n) is 9.17. The average Bonchev–Trinajstić information content (AvgIpc) is 2.73. The molecule has 17 heavy (non-hydrogen) atoms. The van der Waals surface area contributed by atoms with Crippen LogP contribution in [0.25, 0.3) is 0 Å². The van der Waals surface area contributed by atoms with Crippen LogP contribution in [0.15, 0.2) is 39.8 Å². The summed E-state index contributed by atoms with van der Waals surface area (Å²) < 4.78 is 5.05. The van der Waals surface area contributed by atoms with Crippen molar-refractivity contribution in [2.24, 2.45) is 0 Å². The molecule has 0 aliphatic rings. The van der Waals surface area contributed by atoms with Gasteiger partial charge in [0.05, 0.1) is 17.4 Å². The van der Waals surface area contributed by atoms with Gasteiger partial charge in [-0.2, -0.15) is 0 Å². The molecule has 0 unspecified atom stereocenters. The van der Waals surface area contributed by atoms with Crippen molar-refractivity contribution >= 4 is 17.7 Å². The van der Waals surface area contributed by atoms with Gasteiger partial charge in [0.2, 0.25) is 0 Å². The Balaban J connectivity index is 2.11. The lowest BCUT2D eigenvalue weighted by Gasteiger charge is -2.08. The Morgan fingerprint density at radius 1 is 1.47 bits per heavy atom. The number of aryl methyl sites for hydroxylation is 1. The number of benzene rings is 1. The molecule has 1 aromatic carbocycles. The van der Waals surface area contributed by atoms with Crippen LogP contribution in [0.1, 0.15) is 21.8 Å². The second kappa shape index (κ2) is 5.05. The van der Waals surface area contributed by atoms with Crippen LogP contribution in [0.3, 0.4) is 0 Å². The normalized spacial score (nSPS) is 10.4. The fraction of sp³-hybridized carbons (Fsp3) is 0.167. The number of nitrogens with zero attached hydrogens (tertiary/aromatic N) is 1. The molecule has 88 valence electrons. The van der Waals surface area contributed by atoms with Crippen molar-refractivity contribution in [1.29, 1.82) is 0 Å². The molecule has 0 fully saturated rings. The third kappa shape index (κ3) is 2.88. The van der Waals surface area contributed by atoms with Crippen molar-refractivity contribution in [2.45, 2.75) is 17.6 Å². The van der Waals surface area contributed by atoms with Gasteiger partial charge < -0.3 is 14.4 Å². The van der Waals surface area contributed by atoms with E-state index in [0.29, 0.717) is 10.6 Å². The summed E-state index contributed by atoms with van der Waals surface area (Å²) >= 11 is 1.39. The maximum atomic E-state index is 10.9. The summed E-state index contributed by atoms with van der Waals surface area (Å²) in [6.07, 6.45) is 0. The molecule has 0 saturated heterocycles. The Kier molecular flexibility index (Phi) is 3.49. The molecule has 0 spiro atoms. The number of hydrogen-bond acceptors (Lipinski definition) is 5. The van der Waals surface area contributed by atoms with Crippen LogP contribution >= 0.6 is 11.8 Å². The molecule has 0 bridgehead atoms. The Morgan fingerprint density at radius 2 is 2.24 bits per heavy atom. The maximum Gasteiger partial charge on any atom is 0.147 e. The summed E-state index contributed by atoms with van der Waals surface area (Å²) in [5.41, 5.74) is 1.02. The number of carbonyl (C=O) groups excluding carboxylic acids is 1. The second-order valence-electron chi connectivity index (χ2n) is 3.51. The van der Waals surface area contributed by atoms with E-state index >= 15 is 0 Å². The van der Waals surface area contributed by atoms with Crippen LogP contribution in [0.2, 0.25) is 0 Å². The molecule has 0 radical (unpaired) electrons. The number of carboxylic acids is 1. The van der Waals surface area contributed by atoms with Crippen molar-refractivity contribution in [1.82, 2.24) is 5.16 Å². The van der Waals surface area contributed by atoms with Crippen molar-refractivity contribution in [3.63, 3.8) is 0 Å². The van der Waals surface area contributed by atoms with E-state index in [1.165, 1.54) is 17.8 Å². The van der Waals surface area contributed by atoms with Gasteiger partial charge in [0.25, 0.3) is 0 Å². The fourth-order valence-corrected chi connectivity index (χ4v) is 2.31. The number of aromatic nitrogens is 1. The molecule has 0 atom stereocenters. The van der Waals surface area contributed by atoms with E-state index in [1.54, 1.807) is 18.2 Å². The van der Waals surface area contributed by atoms with Gasteiger partial charge in [0.15, 0.2) is 0 Å². The predicted octanol–water partition coefficient (Wildman–Crippen LogP) is 1.64. The van der Waals surface area contributed by atoms with E-state index in [2.05, 4.69) is 5.16 Å². The van der Waals surface area contributed by atoms with Crippen LogP contribution in [0, 0.1) is 6.92 Å². The number of aromatic carboxylic acids is 1. The molecule has 0 saturated carbocycles. The molecule has 0 aliphatic carbocycles. The summed E-state index contributed by atoms with van der Waals surface area (Å²) in [5.74, 6) is 0.105. The zero-order valence-corrected chi connectivity index (χ0v) is 9.99. The van der Waals surface area contributed by atoms with Crippen LogP contribution in [0.5, 0.6) is 0 Å². The summed E-state index contributed by atoms with van der Waals surface area (Å²) in [6.45, 7) is 1.84. The van der Waals surface area contributed by atoms with Crippen LogP contribution < -0.4 is 5.11 Å². The molecule has 1 heterocycles. The average molecular weight is 248 g/mol. The van der Waals surface area contributed by atoms with Gasteiger partial charge in [0.1, 0.15) is 5.76 Å². The van der Waals surface area contributed by atoms with Crippen LogP contribution in [0.4, 0.5) is 0 Å². The maximum absolute atomic E-state index is 10.9. The van der Waals surface area contributed by atoms with Gasteiger partial charge in [-0.25, -0.2) is 0 Å². The zero-order chi connectivity index (χ0) is 12.3. The van der Waals surface area contributed by atoms with E-state index in [0.717, 1.165) is 11.5 Å². The molecular weight excluding hydrogens is 238 g/mol. The molecule has 0 N–H and O–H groups in total. The smallest absolute Gasteiger partial charge is 0.147 e. The highest BCUT2D eigenvalue weighted by Crippen LogP contribution is 2.26. The van der Waals surface area contributed by atoms with Gasteiger partial charge in [-0.15, -0.1) is 11.8 Å². The van der Waals surface area contributed by atoms with Crippen molar-refractivity contribution < 1.29 is 14.4 Å². The standard InChI is InChI=1S/C12H11NO3S/c1-8-6-9(16-13-8)7-17-11-5-3-2-4-10(11)12(14)15/h2-6H,7H2,1H3,(H,14,15)/p-1. The Morgan fingerprint density at radius 3 is 2.88 bits per heavy atom. The van der Waals surface area contributed by atoms with E-state index in [4.69, 9.17) is 4.52 Å². The summed E-state index contributed by atoms with van der Waals surface area (Å²) in [7, 11) is 0. The van der Waals surface area contributed by atoms with Gasteiger partial charge in [-0.3, -0.25) is 0 Å². The van der Waals surface area contributed by atoms with Crippen molar-refractivity contribution in [2.75, 3.05) is 0 Å². The third-order valence-electron chi connectivity index (χ3n) is 2.15. The Hall–Kier alpha value is -1.75. The fourth-order valence-electron chi connectivity index (χ4n) is 1.39. The molecular formula is C12H10NO3S-. The van der Waals surface area contributed by atoms with Gasteiger partial charge >= 0.3 is 0 Å². The molecule has 5 heteroatoms. The second-order valence-corrected chi connectivity index (χ2v) is 4.52. The minimum absolute atomic E-state index is 0.203. The van der Waals surface area contributed by atoms with E-state index in [-0.39, 0.29) is 5.56 Å². The minimum Gasteiger partial charge on any atom is -0.545 e. The minimum atomic E-state index is -1.16. The Bertz CT molecular complexity index is 536. The quantitative estimate of drug-likeness (QED) is 0.769. The van der Waals surface area contributed by atoms with Crippen LogP contribution in [-0.4, -0.2) is 11.1 Å². The highest BCUT2D eigenvalue weighted by Gasteiger charge is 2.06. The van der Waals surface area contributed by atoms with E-state index < -0.39 is 5.97 Å². The lowest BCUT2D eigenvalue weighted by Crippen LogP contribution is -2.22. The first-order valence-electron chi connectivity index (χ1n) is 5.02. The van der Waals surface area contributed by atoms with E-state index in [9.17, 15) is 9.90 Å². The highest BCUT2D eigenvalue weighted by molar-refractivity contribution is 7.98. The first kappa shape index (κ1) is 11.7. The van der Waals surface area contributed by atoms with Crippen LogP contribution in [-0.2, 0) is 5.75 Å². The summed E-state index contributed by atoms with van der Waals surface area (Å²) in [4.78, 5) is 11.5. The van der Waals surface area contributed by atoms with Crippen molar-refractivity contribution in [3.05, 3.63) is 47.3 Å². The van der Waals surface area contributed by atoms with E-state index in [1.807, 2.05) is 13.0 Å². The molecule has 2 rings (SSSR count). The molecule has 1 aromatic heterocycles. The number of carbonyl (C=O) groups is 1. The van der Waals surface area contributed by atoms with Gasteiger partial charge in [0, 0.05) is 16.5 Å². The largest absolute Gasteiger partial charge is 0.545 e. The molecule has 0 amide bonds. The number of thioether (sulfide) groups is 1. The lowest BCUT2D eigenvalue weighted by molar-refractivity contribution is -0.255. The first-order chi connectivity index (χ1) is 8.16. The predicted molar refractivity (Wildman–Crippen MR) is 61.6 cm³/mol. The lowest BCUT2D eigenvalue weighted by atomic mass is 10.2. The number of carboxylic acid groups (broad SMARTS) is 1.